The van der Waals surface area contributed by atoms with Gasteiger partial charge in [-0.05, 0) is 56.2 Å². The number of halogens is 1. The van der Waals surface area contributed by atoms with Crippen LogP contribution in [0.4, 0.5) is 10.1 Å². The summed E-state index contributed by atoms with van der Waals surface area (Å²) in [7, 11) is -3.77. The van der Waals surface area contributed by atoms with Gasteiger partial charge in [-0.2, -0.15) is 4.31 Å². The number of nitrogens with zero attached hydrogens (tertiary/aromatic N) is 1. The molecule has 0 radical (unpaired) electrons. The smallest absolute Gasteiger partial charge is 0.309 e. The first-order valence-electron chi connectivity index (χ1n) is 10.9. The summed E-state index contributed by atoms with van der Waals surface area (Å²) in [4.78, 5) is 25.1. The molecule has 1 fully saturated rings. The van der Waals surface area contributed by atoms with Gasteiger partial charge in [0, 0.05) is 24.8 Å². The first kappa shape index (κ1) is 24.0. The van der Waals surface area contributed by atoms with E-state index in [9.17, 15) is 22.4 Å². The van der Waals surface area contributed by atoms with E-state index in [-0.39, 0.29) is 30.8 Å². The highest BCUT2D eigenvalue weighted by atomic mass is 32.2. The van der Waals surface area contributed by atoms with Crippen LogP contribution in [0.15, 0.2) is 47.4 Å². The van der Waals surface area contributed by atoms with E-state index in [0.29, 0.717) is 30.4 Å². The quantitative estimate of drug-likeness (QED) is 0.617. The number of ether oxygens (including phenoxy) is 3. The molecule has 0 aromatic heterocycles. The van der Waals surface area contributed by atoms with Crippen molar-refractivity contribution in [3.8, 4) is 11.5 Å². The van der Waals surface area contributed by atoms with Crippen molar-refractivity contribution in [3.63, 3.8) is 0 Å². The summed E-state index contributed by atoms with van der Waals surface area (Å²) in [5.41, 5.74) is 0.483. The van der Waals surface area contributed by atoms with Crippen LogP contribution < -0.4 is 14.8 Å². The monoisotopic (exact) mass is 492 g/mol. The minimum atomic E-state index is -3.77. The first-order chi connectivity index (χ1) is 16.2. The molecule has 0 saturated carbocycles. The summed E-state index contributed by atoms with van der Waals surface area (Å²) in [5.74, 6) is -0.977. The summed E-state index contributed by atoms with van der Waals surface area (Å²) in [6.45, 7) is 2.60. The van der Waals surface area contributed by atoms with Crippen molar-refractivity contribution in [3.05, 3.63) is 48.3 Å². The van der Waals surface area contributed by atoms with E-state index >= 15 is 0 Å². The van der Waals surface area contributed by atoms with Crippen molar-refractivity contribution in [2.75, 3.05) is 31.6 Å². The van der Waals surface area contributed by atoms with E-state index < -0.39 is 39.7 Å². The zero-order valence-corrected chi connectivity index (χ0v) is 19.3. The standard InChI is InChI=1S/C23H25FN2O7S/c1-15(22(27)25-18-4-7-20-21(14-18)32-13-12-31-20)33-23(28)16-8-10-26(11-9-16)34(29,30)19-5-2-17(24)3-6-19/h2-7,14-16H,8-13H2,1H3,(H,25,27)/t15-/m1/s1. The van der Waals surface area contributed by atoms with Gasteiger partial charge in [-0.1, -0.05) is 0 Å². The number of anilines is 1. The van der Waals surface area contributed by atoms with Crippen LogP contribution in [0, 0.1) is 11.7 Å². The molecule has 34 heavy (non-hydrogen) atoms. The van der Waals surface area contributed by atoms with Crippen LogP contribution in [0.5, 0.6) is 11.5 Å². The Kier molecular flexibility index (Phi) is 7.03. The fraction of sp³-hybridized carbons (Fsp3) is 0.391. The lowest BCUT2D eigenvalue weighted by atomic mass is 9.98. The van der Waals surface area contributed by atoms with Gasteiger partial charge >= 0.3 is 5.97 Å². The lowest BCUT2D eigenvalue weighted by Gasteiger charge is -2.30. The third-order valence-electron chi connectivity index (χ3n) is 5.71. The number of amides is 1. The van der Waals surface area contributed by atoms with Crippen LogP contribution in [0.2, 0.25) is 0 Å². The second kappa shape index (κ2) is 9.98. The minimum Gasteiger partial charge on any atom is -0.486 e. The number of hydrogen-bond donors (Lipinski definition) is 1. The van der Waals surface area contributed by atoms with Gasteiger partial charge in [-0.3, -0.25) is 9.59 Å². The van der Waals surface area contributed by atoms with E-state index in [0.717, 1.165) is 12.1 Å². The first-order valence-corrected chi connectivity index (χ1v) is 12.3. The molecule has 1 atom stereocenters. The van der Waals surface area contributed by atoms with E-state index in [2.05, 4.69) is 5.32 Å². The highest BCUT2D eigenvalue weighted by Crippen LogP contribution is 2.32. The molecule has 0 bridgehead atoms. The Labute approximate surface area is 196 Å². The second-order valence-corrected chi connectivity index (χ2v) is 10.00. The van der Waals surface area contributed by atoms with Gasteiger partial charge < -0.3 is 19.5 Å². The molecule has 182 valence electrons. The van der Waals surface area contributed by atoms with Gasteiger partial charge in [0.05, 0.1) is 10.8 Å². The maximum absolute atomic E-state index is 13.1. The molecule has 0 aliphatic carbocycles. The molecule has 1 saturated heterocycles. The normalized spacial score (nSPS) is 17.6. The van der Waals surface area contributed by atoms with Gasteiger partial charge in [-0.15, -0.1) is 0 Å². The maximum atomic E-state index is 13.1. The highest BCUT2D eigenvalue weighted by Gasteiger charge is 2.34. The van der Waals surface area contributed by atoms with Crippen LogP contribution >= 0.6 is 0 Å². The number of piperidine rings is 1. The van der Waals surface area contributed by atoms with E-state index in [1.54, 1.807) is 18.2 Å². The van der Waals surface area contributed by atoms with Crippen molar-refractivity contribution >= 4 is 27.6 Å². The summed E-state index contributed by atoms with van der Waals surface area (Å²) in [6.07, 6.45) is -0.521. The Balaban J connectivity index is 1.28. The minimum absolute atomic E-state index is 0.000592. The second-order valence-electron chi connectivity index (χ2n) is 8.06. The maximum Gasteiger partial charge on any atom is 0.309 e. The van der Waals surface area contributed by atoms with Crippen molar-refractivity contribution in [2.45, 2.75) is 30.8 Å². The van der Waals surface area contributed by atoms with Crippen LogP contribution in [0.25, 0.3) is 0 Å². The number of rotatable bonds is 6. The SMILES string of the molecule is C[C@@H](OC(=O)C1CCN(S(=O)(=O)c2ccc(F)cc2)CC1)C(=O)Nc1ccc2c(c1)OCCO2. The number of carbonyl (C=O) groups excluding carboxylic acids is 2. The molecule has 2 aromatic carbocycles. The summed E-state index contributed by atoms with van der Waals surface area (Å²) >= 11 is 0. The summed E-state index contributed by atoms with van der Waals surface area (Å²) in [6, 6.07) is 9.60. The number of esters is 1. The van der Waals surface area contributed by atoms with Crippen molar-refractivity contribution in [1.82, 2.24) is 4.31 Å². The topological polar surface area (TPSA) is 111 Å². The highest BCUT2D eigenvalue weighted by molar-refractivity contribution is 7.89. The lowest BCUT2D eigenvalue weighted by Crippen LogP contribution is -2.41. The van der Waals surface area contributed by atoms with Crippen LogP contribution in [-0.4, -0.2) is 57.0 Å². The average molecular weight is 493 g/mol. The van der Waals surface area contributed by atoms with Gasteiger partial charge in [-0.25, -0.2) is 12.8 Å². The number of carbonyl (C=O) groups is 2. The van der Waals surface area contributed by atoms with Gasteiger partial charge in [0.15, 0.2) is 17.6 Å². The Bertz CT molecular complexity index is 1160. The Morgan fingerprint density at radius 2 is 1.71 bits per heavy atom. The Hall–Kier alpha value is -3.18. The van der Waals surface area contributed by atoms with Crippen molar-refractivity contribution < 1.29 is 36.6 Å². The molecular formula is C23H25FN2O7S. The van der Waals surface area contributed by atoms with Gasteiger partial charge in [0.25, 0.3) is 5.91 Å². The molecule has 1 N–H and O–H groups in total. The average Bonchev–Trinajstić information content (AvgIpc) is 2.84. The fourth-order valence-electron chi connectivity index (χ4n) is 3.78. The van der Waals surface area contributed by atoms with E-state index in [4.69, 9.17) is 14.2 Å². The molecule has 1 amide bonds. The number of hydrogen-bond acceptors (Lipinski definition) is 7. The summed E-state index contributed by atoms with van der Waals surface area (Å²) < 4.78 is 56.1. The number of benzene rings is 2. The predicted molar refractivity (Wildman–Crippen MR) is 119 cm³/mol. The molecule has 2 aliphatic rings. The molecule has 4 rings (SSSR count). The van der Waals surface area contributed by atoms with Gasteiger partial charge in [0.2, 0.25) is 10.0 Å². The third-order valence-corrected chi connectivity index (χ3v) is 7.62. The van der Waals surface area contributed by atoms with E-state index in [1.165, 1.54) is 23.4 Å². The predicted octanol–water partition coefficient (Wildman–Crippen LogP) is 2.57. The zero-order chi connectivity index (χ0) is 24.3. The van der Waals surface area contributed by atoms with E-state index in [1.807, 2.05) is 0 Å². The summed E-state index contributed by atoms with van der Waals surface area (Å²) in [5, 5.41) is 2.68. The number of sulfonamides is 1. The molecule has 2 aromatic rings. The Morgan fingerprint density at radius 1 is 1.06 bits per heavy atom. The zero-order valence-electron chi connectivity index (χ0n) is 18.5. The number of fused-ring (bicyclic) bond motifs is 1. The van der Waals surface area contributed by atoms with Crippen molar-refractivity contribution in [2.24, 2.45) is 5.92 Å². The molecular weight excluding hydrogens is 467 g/mol. The molecule has 0 spiro atoms. The van der Waals surface area contributed by atoms with Crippen LogP contribution in [-0.2, 0) is 24.3 Å². The third kappa shape index (κ3) is 5.31. The molecule has 2 aliphatic heterocycles. The Morgan fingerprint density at radius 3 is 2.38 bits per heavy atom. The molecule has 11 heteroatoms. The van der Waals surface area contributed by atoms with Gasteiger partial charge in [0.1, 0.15) is 19.0 Å². The molecule has 2 heterocycles. The van der Waals surface area contributed by atoms with Crippen molar-refractivity contribution in [1.29, 1.82) is 0 Å². The largest absolute Gasteiger partial charge is 0.486 e. The molecule has 0 unspecified atom stereocenters. The lowest BCUT2D eigenvalue weighted by molar-refractivity contribution is -0.158. The molecule has 9 nitrogen and oxygen atoms in total. The fourth-order valence-corrected chi connectivity index (χ4v) is 5.25. The van der Waals surface area contributed by atoms with Crippen LogP contribution in [0.1, 0.15) is 19.8 Å². The number of nitrogens with one attached hydrogen (secondary N) is 1. The van der Waals surface area contributed by atoms with Crippen LogP contribution in [0.3, 0.4) is 0 Å².